The molecule has 0 heterocycles. The van der Waals surface area contributed by atoms with Crippen LogP contribution in [0.15, 0.2) is 22.7 Å². The van der Waals surface area contributed by atoms with E-state index in [1.54, 1.807) is 6.07 Å². The highest BCUT2D eigenvalue weighted by Gasteiger charge is 2.26. The maximum Gasteiger partial charge on any atom is 0.250 e. The number of carbonyl (C=O) groups is 1. The minimum absolute atomic E-state index is 0.336. The van der Waals surface area contributed by atoms with Crippen molar-refractivity contribution in [2.24, 2.45) is 17.4 Å². The van der Waals surface area contributed by atoms with Crippen molar-refractivity contribution in [1.29, 1.82) is 0 Å². The Kier molecular flexibility index (Phi) is 4.24. The lowest BCUT2D eigenvalue weighted by atomic mass is 10.0. The van der Waals surface area contributed by atoms with Crippen LogP contribution in [-0.4, -0.2) is 18.5 Å². The zero-order chi connectivity index (χ0) is 13.1. The standard InChI is InChI=1S/C13H18BrN3O/c14-9-4-5-10(13(16)18)12(6-9)17-11-3-1-2-8(11)7-15/h4-6,8,11,17H,1-3,7,15H2,(H2,16,18). The van der Waals surface area contributed by atoms with Crippen molar-refractivity contribution in [3.8, 4) is 0 Å². The molecule has 5 heteroatoms. The van der Waals surface area contributed by atoms with Crippen molar-refractivity contribution >= 4 is 27.5 Å². The minimum Gasteiger partial charge on any atom is -0.381 e. The Balaban J connectivity index is 2.22. The number of hydrogen-bond acceptors (Lipinski definition) is 3. The summed E-state index contributed by atoms with van der Waals surface area (Å²) in [7, 11) is 0. The fraction of sp³-hybridized carbons (Fsp3) is 0.462. The fourth-order valence-electron chi connectivity index (χ4n) is 2.56. The predicted molar refractivity (Wildman–Crippen MR) is 76.5 cm³/mol. The topological polar surface area (TPSA) is 81.1 Å². The summed E-state index contributed by atoms with van der Waals surface area (Å²) < 4.78 is 0.928. The summed E-state index contributed by atoms with van der Waals surface area (Å²) in [6.45, 7) is 0.678. The van der Waals surface area contributed by atoms with Crippen molar-refractivity contribution in [1.82, 2.24) is 0 Å². The Bertz CT molecular complexity index is 450. The van der Waals surface area contributed by atoms with Crippen LogP contribution in [0.3, 0.4) is 0 Å². The number of hydrogen-bond donors (Lipinski definition) is 3. The molecular weight excluding hydrogens is 294 g/mol. The van der Waals surface area contributed by atoms with Gasteiger partial charge in [-0.25, -0.2) is 0 Å². The van der Waals surface area contributed by atoms with E-state index in [0.717, 1.165) is 23.0 Å². The van der Waals surface area contributed by atoms with Crippen molar-refractivity contribution < 1.29 is 4.79 Å². The summed E-state index contributed by atoms with van der Waals surface area (Å²) in [4.78, 5) is 11.4. The lowest BCUT2D eigenvalue weighted by molar-refractivity contribution is 0.100. The van der Waals surface area contributed by atoms with E-state index in [9.17, 15) is 4.79 Å². The van der Waals surface area contributed by atoms with E-state index in [0.29, 0.717) is 24.1 Å². The molecule has 1 aliphatic rings. The van der Waals surface area contributed by atoms with Crippen LogP contribution in [0.4, 0.5) is 5.69 Å². The van der Waals surface area contributed by atoms with Crippen LogP contribution in [0.25, 0.3) is 0 Å². The molecule has 1 aromatic carbocycles. The van der Waals surface area contributed by atoms with Gasteiger partial charge in [0, 0.05) is 16.2 Å². The number of primary amides is 1. The minimum atomic E-state index is -0.410. The van der Waals surface area contributed by atoms with Gasteiger partial charge in [-0.15, -0.1) is 0 Å². The van der Waals surface area contributed by atoms with E-state index in [2.05, 4.69) is 21.2 Å². The molecule has 2 unspecified atom stereocenters. The molecule has 5 N–H and O–H groups in total. The van der Waals surface area contributed by atoms with E-state index in [4.69, 9.17) is 11.5 Å². The molecule has 2 atom stereocenters. The van der Waals surface area contributed by atoms with E-state index in [1.807, 2.05) is 12.1 Å². The van der Waals surface area contributed by atoms with E-state index in [1.165, 1.54) is 6.42 Å². The Hall–Kier alpha value is -1.07. The van der Waals surface area contributed by atoms with Gasteiger partial charge in [-0.2, -0.15) is 0 Å². The summed E-state index contributed by atoms with van der Waals surface area (Å²) in [5, 5.41) is 3.42. The third-order valence-electron chi connectivity index (χ3n) is 3.55. The van der Waals surface area contributed by atoms with Crippen LogP contribution in [0, 0.1) is 5.92 Å². The van der Waals surface area contributed by atoms with Gasteiger partial charge in [0.05, 0.1) is 5.56 Å². The highest BCUT2D eigenvalue weighted by Crippen LogP contribution is 2.30. The van der Waals surface area contributed by atoms with E-state index < -0.39 is 5.91 Å². The molecule has 0 aliphatic heterocycles. The van der Waals surface area contributed by atoms with Gasteiger partial charge in [0.15, 0.2) is 0 Å². The second-order valence-corrected chi connectivity index (χ2v) is 5.65. The molecule has 1 amide bonds. The first-order valence-corrected chi connectivity index (χ1v) is 6.97. The SMILES string of the molecule is NCC1CCCC1Nc1cc(Br)ccc1C(N)=O. The Labute approximate surface area is 115 Å². The second-order valence-electron chi connectivity index (χ2n) is 4.73. The zero-order valence-corrected chi connectivity index (χ0v) is 11.7. The first-order valence-electron chi connectivity index (χ1n) is 6.17. The van der Waals surface area contributed by atoms with E-state index >= 15 is 0 Å². The summed E-state index contributed by atoms with van der Waals surface area (Å²) in [5.41, 5.74) is 12.5. The molecule has 0 aromatic heterocycles. The molecule has 0 spiro atoms. The van der Waals surface area contributed by atoms with Gasteiger partial charge in [-0.1, -0.05) is 22.4 Å². The molecule has 0 radical (unpaired) electrons. The normalized spacial score (nSPS) is 23.0. The molecule has 1 aliphatic carbocycles. The molecule has 1 aromatic rings. The quantitative estimate of drug-likeness (QED) is 0.796. The van der Waals surface area contributed by atoms with Gasteiger partial charge in [0.2, 0.25) is 0 Å². The Morgan fingerprint density at radius 2 is 2.22 bits per heavy atom. The first-order chi connectivity index (χ1) is 8.61. The van der Waals surface area contributed by atoms with E-state index in [-0.39, 0.29) is 0 Å². The number of halogens is 1. The third-order valence-corrected chi connectivity index (χ3v) is 4.04. The van der Waals surface area contributed by atoms with Gasteiger partial charge in [-0.05, 0) is 43.5 Å². The maximum atomic E-state index is 11.4. The lowest BCUT2D eigenvalue weighted by Crippen LogP contribution is -2.30. The molecule has 1 saturated carbocycles. The van der Waals surface area contributed by atoms with Crippen molar-refractivity contribution in [3.63, 3.8) is 0 Å². The number of anilines is 1. The van der Waals surface area contributed by atoms with Crippen LogP contribution in [0.1, 0.15) is 29.6 Å². The molecule has 18 heavy (non-hydrogen) atoms. The largest absolute Gasteiger partial charge is 0.381 e. The maximum absolute atomic E-state index is 11.4. The monoisotopic (exact) mass is 311 g/mol. The molecule has 2 rings (SSSR count). The Morgan fingerprint density at radius 1 is 1.44 bits per heavy atom. The fourth-order valence-corrected chi connectivity index (χ4v) is 2.92. The summed E-state index contributed by atoms with van der Waals surface area (Å²) >= 11 is 3.41. The third kappa shape index (κ3) is 2.84. The number of amides is 1. The number of carbonyl (C=O) groups excluding carboxylic acids is 1. The Morgan fingerprint density at radius 3 is 2.89 bits per heavy atom. The highest BCUT2D eigenvalue weighted by molar-refractivity contribution is 9.10. The van der Waals surface area contributed by atoms with Crippen LogP contribution >= 0.6 is 15.9 Å². The molecule has 1 fully saturated rings. The predicted octanol–water partition coefficient (Wildman–Crippen LogP) is 2.09. The van der Waals surface area contributed by atoms with Gasteiger partial charge in [0.1, 0.15) is 0 Å². The number of nitrogens with two attached hydrogens (primary N) is 2. The smallest absolute Gasteiger partial charge is 0.250 e. The van der Waals surface area contributed by atoms with Crippen molar-refractivity contribution in [3.05, 3.63) is 28.2 Å². The molecule has 98 valence electrons. The van der Waals surface area contributed by atoms with Gasteiger partial charge >= 0.3 is 0 Å². The van der Waals surface area contributed by atoms with Gasteiger partial charge in [-0.3, -0.25) is 4.79 Å². The van der Waals surface area contributed by atoms with Crippen molar-refractivity contribution in [2.75, 3.05) is 11.9 Å². The average molecular weight is 312 g/mol. The van der Waals surface area contributed by atoms with Crippen LogP contribution in [0.5, 0.6) is 0 Å². The molecular formula is C13H18BrN3O. The first kappa shape index (κ1) is 13.4. The molecule has 0 saturated heterocycles. The summed E-state index contributed by atoms with van der Waals surface area (Å²) in [6, 6.07) is 5.79. The highest BCUT2D eigenvalue weighted by atomic mass is 79.9. The van der Waals surface area contributed by atoms with Gasteiger partial charge < -0.3 is 16.8 Å². The molecule has 4 nitrogen and oxygen atoms in total. The zero-order valence-electron chi connectivity index (χ0n) is 10.2. The number of nitrogens with one attached hydrogen (secondary N) is 1. The van der Waals surface area contributed by atoms with Crippen LogP contribution < -0.4 is 16.8 Å². The number of benzene rings is 1. The average Bonchev–Trinajstić information content (AvgIpc) is 2.76. The van der Waals surface area contributed by atoms with Crippen molar-refractivity contribution in [2.45, 2.75) is 25.3 Å². The number of rotatable bonds is 4. The summed E-state index contributed by atoms with van der Waals surface area (Å²) in [5.74, 6) is 0.0667. The van der Waals surface area contributed by atoms with Crippen LogP contribution in [0.2, 0.25) is 0 Å². The van der Waals surface area contributed by atoms with Crippen LogP contribution in [-0.2, 0) is 0 Å². The second kappa shape index (κ2) is 5.71. The summed E-state index contributed by atoms with van der Waals surface area (Å²) in [6.07, 6.45) is 3.42. The molecule has 0 bridgehead atoms. The lowest BCUT2D eigenvalue weighted by Gasteiger charge is -2.22. The van der Waals surface area contributed by atoms with Gasteiger partial charge in [0.25, 0.3) is 5.91 Å².